The smallest absolute Gasteiger partial charge is 0.331 e. The molecule has 0 aromatic heterocycles. The van der Waals surface area contributed by atoms with Crippen LogP contribution in [0.3, 0.4) is 0 Å². The Kier molecular flexibility index (Phi) is 6.26. The summed E-state index contributed by atoms with van der Waals surface area (Å²) in [6.45, 7) is -0.538. The average molecular weight is 359 g/mol. The SMILES string of the molecule is N#Cc1ccc(Cl)cc1NC(=O)COC(=O)/C=C/c1cccc(F)c1. The van der Waals surface area contributed by atoms with Gasteiger partial charge in [0, 0.05) is 11.1 Å². The molecule has 0 atom stereocenters. The number of nitrogens with one attached hydrogen (secondary N) is 1. The third-order valence-electron chi connectivity index (χ3n) is 2.98. The Morgan fingerprint density at radius 3 is 2.80 bits per heavy atom. The van der Waals surface area contributed by atoms with Gasteiger partial charge in [-0.25, -0.2) is 9.18 Å². The molecule has 0 heterocycles. The third-order valence-corrected chi connectivity index (χ3v) is 3.22. The monoisotopic (exact) mass is 358 g/mol. The Balaban J connectivity index is 1.89. The van der Waals surface area contributed by atoms with E-state index in [2.05, 4.69) is 5.32 Å². The number of nitrogens with zero attached hydrogens (tertiary/aromatic N) is 1. The molecule has 2 aromatic rings. The first-order valence-corrected chi connectivity index (χ1v) is 7.45. The van der Waals surface area contributed by atoms with E-state index in [0.29, 0.717) is 10.6 Å². The number of halogens is 2. The molecular weight excluding hydrogens is 347 g/mol. The summed E-state index contributed by atoms with van der Waals surface area (Å²) in [5.74, 6) is -1.80. The molecule has 0 aliphatic carbocycles. The van der Waals surface area contributed by atoms with E-state index in [0.717, 1.165) is 6.08 Å². The van der Waals surface area contributed by atoms with Gasteiger partial charge in [-0.3, -0.25) is 4.79 Å². The maximum absolute atomic E-state index is 13.0. The maximum Gasteiger partial charge on any atom is 0.331 e. The van der Waals surface area contributed by atoms with Crippen LogP contribution in [0.5, 0.6) is 0 Å². The zero-order valence-corrected chi connectivity index (χ0v) is 13.6. The zero-order chi connectivity index (χ0) is 18.2. The van der Waals surface area contributed by atoms with Crippen molar-refractivity contribution in [2.45, 2.75) is 0 Å². The molecule has 0 radical (unpaired) electrons. The fourth-order valence-corrected chi connectivity index (χ4v) is 2.04. The van der Waals surface area contributed by atoms with Crippen LogP contribution < -0.4 is 5.32 Å². The van der Waals surface area contributed by atoms with Crippen molar-refractivity contribution in [2.24, 2.45) is 0 Å². The molecule has 0 aliphatic heterocycles. The van der Waals surface area contributed by atoms with Gasteiger partial charge in [0.1, 0.15) is 11.9 Å². The van der Waals surface area contributed by atoms with Crippen molar-refractivity contribution in [2.75, 3.05) is 11.9 Å². The Morgan fingerprint density at radius 2 is 2.08 bits per heavy atom. The molecule has 0 unspecified atom stereocenters. The van der Waals surface area contributed by atoms with Crippen LogP contribution in [0.15, 0.2) is 48.5 Å². The van der Waals surface area contributed by atoms with E-state index in [1.54, 1.807) is 6.07 Å². The zero-order valence-electron chi connectivity index (χ0n) is 12.8. The summed E-state index contributed by atoms with van der Waals surface area (Å²) in [5.41, 5.74) is 0.945. The molecule has 1 N–H and O–H groups in total. The van der Waals surface area contributed by atoms with E-state index in [1.165, 1.54) is 42.5 Å². The predicted octanol–water partition coefficient (Wildman–Crippen LogP) is 3.55. The van der Waals surface area contributed by atoms with Crippen molar-refractivity contribution in [3.8, 4) is 6.07 Å². The Bertz CT molecular complexity index is 875. The first-order chi connectivity index (χ1) is 12.0. The maximum atomic E-state index is 13.0. The number of nitriles is 1. The van der Waals surface area contributed by atoms with Gasteiger partial charge in [0.25, 0.3) is 5.91 Å². The number of ether oxygens (including phenoxy) is 1. The van der Waals surface area contributed by atoms with Crippen molar-refractivity contribution < 1.29 is 18.7 Å². The molecule has 0 fully saturated rings. The van der Waals surface area contributed by atoms with Crippen LogP contribution in [0.4, 0.5) is 10.1 Å². The topological polar surface area (TPSA) is 79.2 Å². The van der Waals surface area contributed by atoms with Gasteiger partial charge in [0.15, 0.2) is 6.61 Å². The average Bonchev–Trinajstić information content (AvgIpc) is 2.58. The molecule has 2 rings (SSSR count). The normalized spacial score (nSPS) is 10.3. The van der Waals surface area contributed by atoms with E-state index in [1.807, 2.05) is 6.07 Å². The molecule has 25 heavy (non-hydrogen) atoms. The summed E-state index contributed by atoms with van der Waals surface area (Å²) in [6, 6.07) is 12.0. The summed E-state index contributed by atoms with van der Waals surface area (Å²) in [4.78, 5) is 23.4. The molecule has 126 valence electrons. The van der Waals surface area contributed by atoms with Crippen LogP contribution in [0.2, 0.25) is 5.02 Å². The third kappa shape index (κ3) is 5.75. The Labute approximate surface area is 148 Å². The van der Waals surface area contributed by atoms with Crippen LogP contribution in [-0.2, 0) is 14.3 Å². The first-order valence-electron chi connectivity index (χ1n) is 7.08. The lowest BCUT2D eigenvalue weighted by Crippen LogP contribution is -2.20. The van der Waals surface area contributed by atoms with E-state index in [4.69, 9.17) is 21.6 Å². The second-order valence-electron chi connectivity index (χ2n) is 4.85. The number of amides is 1. The van der Waals surface area contributed by atoms with Gasteiger partial charge in [-0.2, -0.15) is 5.26 Å². The van der Waals surface area contributed by atoms with E-state index in [9.17, 15) is 14.0 Å². The molecule has 5 nitrogen and oxygen atoms in total. The predicted molar refractivity (Wildman–Crippen MR) is 91.2 cm³/mol. The largest absolute Gasteiger partial charge is 0.452 e. The van der Waals surface area contributed by atoms with Crippen LogP contribution in [-0.4, -0.2) is 18.5 Å². The number of benzene rings is 2. The van der Waals surface area contributed by atoms with Crippen molar-refractivity contribution in [1.82, 2.24) is 0 Å². The van der Waals surface area contributed by atoms with Crippen molar-refractivity contribution >= 4 is 35.2 Å². The van der Waals surface area contributed by atoms with Gasteiger partial charge in [0.2, 0.25) is 0 Å². The lowest BCUT2D eigenvalue weighted by atomic mass is 10.2. The highest BCUT2D eigenvalue weighted by molar-refractivity contribution is 6.31. The fraction of sp³-hybridized carbons (Fsp3) is 0.0556. The quantitative estimate of drug-likeness (QED) is 0.655. The molecule has 0 saturated heterocycles. The van der Waals surface area contributed by atoms with Crippen LogP contribution in [0.1, 0.15) is 11.1 Å². The summed E-state index contributed by atoms with van der Waals surface area (Å²) >= 11 is 5.81. The standard InChI is InChI=1S/C18H12ClFN2O3/c19-14-6-5-13(10-21)16(9-14)22-17(23)11-25-18(24)7-4-12-2-1-3-15(20)8-12/h1-9H,11H2,(H,22,23)/b7-4+. The highest BCUT2D eigenvalue weighted by Gasteiger charge is 2.09. The summed E-state index contributed by atoms with van der Waals surface area (Å²) in [6.07, 6.45) is 2.45. The summed E-state index contributed by atoms with van der Waals surface area (Å²) in [5, 5.41) is 11.8. The summed E-state index contributed by atoms with van der Waals surface area (Å²) < 4.78 is 17.8. The van der Waals surface area contributed by atoms with Crippen molar-refractivity contribution in [3.05, 3.63) is 70.5 Å². The molecule has 7 heteroatoms. The van der Waals surface area contributed by atoms with Gasteiger partial charge < -0.3 is 10.1 Å². The molecular formula is C18H12ClFN2O3. The van der Waals surface area contributed by atoms with Crippen LogP contribution in [0, 0.1) is 17.1 Å². The number of hydrogen-bond acceptors (Lipinski definition) is 4. The van der Waals surface area contributed by atoms with E-state index in [-0.39, 0.29) is 11.3 Å². The van der Waals surface area contributed by atoms with Gasteiger partial charge in [-0.15, -0.1) is 0 Å². The highest BCUT2D eigenvalue weighted by Crippen LogP contribution is 2.20. The minimum Gasteiger partial charge on any atom is -0.452 e. The number of carbonyl (C=O) groups is 2. The highest BCUT2D eigenvalue weighted by atomic mass is 35.5. The molecule has 0 bridgehead atoms. The lowest BCUT2D eigenvalue weighted by Gasteiger charge is -2.07. The van der Waals surface area contributed by atoms with Crippen molar-refractivity contribution in [1.29, 1.82) is 5.26 Å². The number of esters is 1. The number of hydrogen-bond donors (Lipinski definition) is 1. The second-order valence-corrected chi connectivity index (χ2v) is 5.28. The van der Waals surface area contributed by atoms with Gasteiger partial charge in [-0.05, 0) is 42.0 Å². The lowest BCUT2D eigenvalue weighted by molar-refractivity contribution is -0.142. The van der Waals surface area contributed by atoms with E-state index < -0.39 is 24.3 Å². The molecule has 1 amide bonds. The fourth-order valence-electron chi connectivity index (χ4n) is 1.86. The first kappa shape index (κ1) is 18.2. The van der Waals surface area contributed by atoms with Crippen LogP contribution in [0.25, 0.3) is 6.08 Å². The molecule has 0 spiro atoms. The van der Waals surface area contributed by atoms with Crippen molar-refractivity contribution in [3.63, 3.8) is 0 Å². The second kappa shape index (κ2) is 8.62. The van der Waals surface area contributed by atoms with E-state index >= 15 is 0 Å². The Hall–Kier alpha value is -3.17. The number of carbonyl (C=O) groups excluding carboxylic acids is 2. The minimum atomic E-state index is -0.758. The molecule has 0 saturated carbocycles. The van der Waals surface area contributed by atoms with Gasteiger partial charge in [-0.1, -0.05) is 23.7 Å². The molecule has 0 aliphatic rings. The molecule has 2 aromatic carbocycles. The number of anilines is 1. The minimum absolute atomic E-state index is 0.228. The Morgan fingerprint density at radius 1 is 1.28 bits per heavy atom. The summed E-state index contributed by atoms with van der Waals surface area (Å²) in [7, 11) is 0. The number of rotatable bonds is 5. The van der Waals surface area contributed by atoms with Crippen LogP contribution >= 0.6 is 11.6 Å². The van der Waals surface area contributed by atoms with Gasteiger partial charge >= 0.3 is 5.97 Å². The van der Waals surface area contributed by atoms with Gasteiger partial charge in [0.05, 0.1) is 11.3 Å².